The maximum atomic E-state index is 4.25. The number of halogens is 2. The summed E-state index contributed by atoms with van der Waals surface area (Å²) in [5, 5.41) is 6.15. The monoisotopic (exact) mass is 398 g/mol. The fraction of sp³-hybridized carbons (Fsp3) is 0.438. The van der Waals surface area contributed by atoms with Crippen LogP contribution in [0.5, 0.6) is 0 Å². The molecule has 0 fully saturated rings. The lowest BCUT2D eigenvalue weighted by Crippen LogP contribution is -2.31. The molecule has 0 radical (unpaired) electrons. The molecule has 1 aromatic carbocycles. The molecule has 0 amide bonds. The Hall–Kier alpha value is -0.610. The fourth-order valence-corrected chi connectivity index (χ4v) is 4.59. The van der Waals surface area contributed by atoms with Crippen molar-refractivity contribution in [3.63, 3.8) is 0 Å². The molecule has 1 aromatic heterocycles. The van der Waals surface area contributed by atoms with Crippen molar-refractivity contribution >= 4 is 31.9 Å². The van der Waals surface area contributed by atoms with Crippen LogP contribution in [0.25, 0.3) is 0 Å². The average molecular weight is 400 g/mol. The van der Waals surface area contributed by atoms with Gasteiger partial charge < -0.3 is 0 Å². The number of benzene rings is 1. The molecule has 0 aliphatic heterocycles. The van der Waals surface area contributed by atoms with E-state index in [2.05, 4.69) is 74.2 Å². The zero-order valence-corrected chi connectivity index (χ0v) is 15.1. The smallest absolute Gasteiger partial charge is 0.0492 e. The molecule has 0 spiro atoms. The number of nitrogens with zero attached hydrogens (tertiary/aromatic N) is 2. The van der Waals surface area contributed by atoms with Gasteiger partial charge in [0.25, 0.3) is 0 Å². The van der Waals surface area contributed by atoms with Crippen molar-refractivity contribution in [2.75, 3.05) is 10.7 Å². The number of alkyl halides is 2. The van der Waals surface area contributed by atoms with Crippen molar-refractivity contribution in [1.29, 1.82) is 0 Å². The number of aromatic nitrogens is 2. The zero-order chi connectivity index (χ0) is 14.6. The van der Waals surface area contributed by atoms with Gasteiger partial charge in [-0.1, -0.05) is 61.7 Å². The SMILES string of the molecule is Cc1cccc(C(CBr)(CBr)CCc2ccnn2C)c1. The van der Waals surface area contributed by atoms with Gasteiger partial charge in [0.1, 0.15) is 0 Å². The Morgan fingerprint density at radius 2 is 1.95 bits per heavy atom. The van der Waals surface area contributed by atoms with E-state index in [4.69, 9.17) is 0 Å². The van der Waals surface area contributed by atoms with E-state index in [1.807, 2.05) is 17.9 Å². The van der Waals surface area contributed by atoms with Crippen molar-refractivity contribution in [3.8, 4) is 0 Å². The van der Waals surface area contributed by atoms with Gasteiger partial charge in [0.2, 0.25) is 0 Å². The second kappa shape index (κ2) is 6.90. The molecule has 108 valence electrons. The molecule has 0 aliphatic carbocycles. The maximum Gasteiger partial charge on any atom is 0.0492 e. The molecule has 0 bridgehead atoms. The summed E-state index contributed by atoms with van der Waals surface area (Å²) in [6, 6.07) is 10.9. The molecule has 0 saturated carbocycles. The lowest BCUT2D eigenvalue weighted by atomic mass is 9.79. The van der Waals surface area contributed by atoms with Crippen LogP contribution in [0, 0.1) is 6.92 Å². The summed E-state index contributed by atoms with van der Waals surface area (Å²) in [4.78, 5) is 0. The Labute approximate surface area is 137 Å². The Morgan fingerprint density at radius 3 is 2.50 bits per heavy atom. The van der Waals surface area contributed by atoms with Crippen molar-refractivity contribution in [2.45, 2.75) is 25.2 Å². The van der Waals surface area contributed by atoms with E-state index in [9.17, 15) is 0 Å². The van der Waals surface area contributed by atoms with Crippen LogP contribution < -0.4 is 0 Å². The highest BCUT2D eigenvalue weighted by Crippen LogP contribution is 2.34. The molecule has 20 heavy (non-hydrogen) atoms. The third-order valence-corrected chi connectivity index (χ3v) is 6.07. The van der Waals surface area contributed by atoms with E-state index in [1.165, 1.54) is 16.8 Å². The Bertz CT molecular complexity index is 559. The minimum absolute atomic E-state index is 0.121. The molecule has 2 nitrogen and oxygen atoms in total. The summed E-state index contributed by atoms with van der Waals surface area (Å²) in [7, 11) is 2.01. The highest BCUT2D eigenvalue weighted by molar-refractivity contribution is 9.09. The first kappa shape index (κ1) is 15.8. The third-order valence-electron chi connectivity index (χ3n) is 3.92. The first-order valence-electron chi connectivity index (χ1n) is 6.77. The largest absolute Gasteiger partial charge is 0.273 e. The summed E-state index contributed by atoms with van der Waals surface area (Å²) < 4.78 is 1.96. The number of rotatable bonds is 6. The van der Waals surface area contributed by atoms with Crippen LogP contribution in [0.3, 0.4) is 0 Å². The van der Waals surface area contributed by atoms with Crippen LogP contribution in [-0.2, 0) is 18.9 Å². The van der Waals surface area contributed by atoms with Crippen LogP contribution in [0.1, 0.15) is 23.2 Å². The molecule has 0 atom stereocenters. The summed E-state index contributed by atoms with van der Waals surface area (Å²) in [5.74, 6) is 0. The molecular formula is C16H20Br2N2. The Morgan fingerprint density at radius 1 is 1.20 bits per heavy atom. The first-order chi connectivity index (χ1) is 9.61. The maximum absolute atomic E-state index is 4.25. The van der Waals surface area contributed by atoms with Crippen LogP contribution >= 0.6 is 31.9 Å². The van der Waals surface area contributed by atoms with Crippen molar-refractivity contribution in [2.24, 2.45) is 7.05 Å². The van der Waals surface area contributed by atoms with Gasteiger partial charge in [-0.15, -0.1) is 0 Å². The minimum atomic E-state index is 0.121. The molecule has 0 N–H and O–H groups in total. The molecule has 0 saturated heterocycles. The van der Waals surface area contributed by atoms with E-state index in [1.54, 1.807) is 0 Å². The Kier molecular flexibility index (Phi) is 5.44. The van der Waals surface area contributed by atoms with Gasteiger partial charge in [0.05, 0.1) is 0 Å². The summed E-state index contributed by atoms with van der Waals surface area (Å²) in [6.07, 6.45) is 3.99. The van der Waals surface area contributed by atoms with Gasteiger partial charge in [0.15, 0.2) is 0 Å². The second-order valence-corrected chi connectivity index (χ2v) is 6.48. The van der Waals surface area contributed by atoms with E-state index >= 15 is 0 Å². The number of aryl methyl sites for hydroxylation is 3. The topological polar surface area (TPSA) is 17.8 Å². The second-order valence-electron chi connectivity index (χ2n) is 5.36. The van der Waals surface area contributed by atoms with Crippen LogP contribution in [0.2, 0.25) is 0 Å². The quantitative estimate of drug-likeness (QED) is 0.658. The van der Waals surface area contributed by atoms with E-state index in [-0.39, 0.29) is 5.41 Å². The van der Waals surface area contributed by atoms with Gasteiger partial charge in [-0.05, 0) is 31.4 Å². The number of hydrogen-bond donors (Lipinski definition) is 0. The summed E-state index contributed by atoms with van der Waals surface area (Å²) >= 11 is 7.45. The standard InChI is InChI=1S/C16H20Br2N2/c1-13-4-3-5-14(10-13)16(11-17,12-18)8-6-15-7-9-19-20(15)2/h3-5,7,9-10H,6,8,11-12H2,1-2H3. The lowest BCUT2D eigenvalue weighted by molar-refractivity contribution is 0.494. The molecule has 0 unspecified atom stereocenters. The van der Waals surface area contributed by atoms with Crippen LogP contribution in [0.4, 0.5) is 0 Å². The molecule has 0 aliphatic rings. The predicted molar refractivity (Wildman–Crippen MR) is 92.0 cm³/mol. The van der Waals surface area contributed by atoms with E-state index < -0.39 is 0 Å². The lowest BCUT2D eigenvalue weighted by Gasteiger charge is -2.31. The summed E-state index contributed by atoms with van der Waals surface area (Å²) in [5.41, 5.74) is 4.11. The average Bonchev–Trinajstić information content (AvgIpc) is 2.86. The van der Waals surface area contributed by atoms with Gasteiger partial charge >= 0.3 is 0 Å². The summed E-state index contributed by atoms with van der Waals surface area (Å²) in [6.45, 7) is 2.15. The molecular weight excluding hydrogens is 380 g/mol. The predicted octanol–water partition coefficient (Wildman–Crippen LogP) is 4.39. The van der Waals surface area contributed by atoms with Gasteiger partial charge in [-0.2, -0.15) is 5.10 Å². The zero-order valence-electron chi connectivity index (χ0n) is 11.9. The van der Waals surface area contributed by atoms with E-state index in [0.717, 1.165) is 23.5 Å². The highest BCUT2D eigenvalue weighted by atomic mass is 79.9. The van der Waals surface area contributed by atoms with Crippen molar-refractivity contribution in [3.05, 3.63) is 53.3 Å². The minimum Gasteiger partial charge on any atom is -0.273 e. The van der Waals surface area contributed by atoms with Crippen LogP contribution in [-0.4, -0.2) is 20.4 Å². The molecule has 2 rings (SSSR count). The highest BCUT2D eigenvalue weighted by Gasteiger charge is 2.30. The fourth-order valence-electron chi connectivity index (χ4n) is 2.46. The molecule has 2 aromatic rings. The van der Waals surface area contributed by atoms with Crippen molar-refractivity contribution in [1.82, 2.24) is 9.78 Å². The van der Waals surface area contributed by atoms with Gasteiger partial charge in [0, 0.05) is 35.0 Å². The van der Waals surface area contributed by atoms with Gasteiger partial charge in [-0.3, -0.25) is 4.68 Å². The van der Waals surface area contributed by atoms with E-state index in [0.29, 0.717) is 0 Å². The Balaban J connectivity index is 2.23. The first-order valence-corrected chi connectivity index (χ1v) is 9.01. The van der Waals surface area contributed by atoms with Crippen LogP contribution in [0.15, 0.2) is 36.5 Å². The molecule has 4 heteroatoms. The number of hydrogen-bond acceptors (Lipinski definition) is 1. The normalized spacial score (nSPS) is 11.8. The van der Waals surface area contributed by atoms with Crippen molar-refractivity contribution < 1.29 is 0 Å². The molecule has 1 heterocycles. The van der Waals surface area contributed by atoms with Gasteiger partial charge in [-0.25, -0.2) is 0 Å². The third kappa shape index (κ3) is 3.34.